The number of ether oxygens (including phenoxy) is 1. The molecule has 0 saturated carbocycles. The molecule has 1 aliphatic rings. The zero-order valence-electron chi connectivity index (χ0n) is 13.9. The highest BCUT2D eigenvalue weighted by molar-refractivity contribution is 6.30. The van der Waals surface area contributed by atoms with E-state index in [0.717, 1.165) is 35.0 Å². The number of benzene rings is 3. The number of halogens is 1. The molecular weight excluding hydrogens is 334 g/mol. The first-order chi connectivity index (χ1) is 12.2. The van der Waals surface area contributed by atoms with Crippen molar-refractivity contribution in [1.82, 2.24) is 4.90 Å². The monoisotopic (exact) mass is 353 g/mol. The lowest BCUT2D eigenvalue weighted by Crippen LogP contribution is -2.39. The van der Waals surface area contributed by atoms with E-state index in [1.165, 1.54) is 0 Å². The molecule has 1 aliphatic heterocycles. The van der Waals surface area contributed by atoms with Gasteiger partial charge >= 0.3 is 0 Å². The first kappa shape index (κ1) is 16.4. The van der Waals surface area contributed by atoms with Gasteiger partial charge in [0.15, 0.2) is 0 Å². The zero-order chi connectivity index (χ0) is 17.2. The van der Waals surface area contributed by atoms with Crippen molar-refractivity contribution in [2.75, 3.05) is 26.3 Å². The molecule has 0 spiro atoms. The van der Waals surface area contributed by atoms with E-state index in [0.29, 0.717) is 24.0 Å². The second-order valence-corrected chi connectivity index (χ2v) is 6.76. The Balaban J connectivity index is 1.91. The van der Waals surface area contributed by atoms with Gasteiger partial charge < -0.3 is 9.84 Å². The topological polar surface area (TPSA) is 32.7 Å². The Morgan fingerprint density at radius 1 is 0.920 bits per heavy atom. The average Bonchev–Trinajstić information content (AvgIpc) is 2.66. The summed E-state index contributed by atoms with van der Waals surface area (Å²) in [6, 6.07) is 19.8. The molecule has 3 aromatic rings. The van der Waals surface area contributed by atoms with E-state index in [-0.39, 0.29) is 6.04 Å². The van der Waals surface area contributed by atoms with Gasteiger partial charge in [0.1, 0.15) is 5.75 Å². The van der Waals surface area contributed by atoms with E-state index in [2.05, 4.69) is 17.0 Å². The predicted molar refractivity (Wildman–Crippen MR) is 101 cm³/mol. The molecule has 128 valence electrons. The van der Waals surface area contributed by atoms with Gasteiger partial charge in [0, 0.05) is 23.7 Å². The van der Waals surface area contributed by atoms with Crippen molar-refractivity contribution in [2.24, 2.45) is 0 Å². The van der Waals surface area contributed by atoms with Gasteiger partial charge in [0.05, 0.1) is 19.3 Å². The third kappa shape index (κ3) is 3.23. The molecule has 25 heavy (non-hydrogen) atoms. The van der Waals surface area contributed by atoms with Gasteiger partial charge in [0.2, 0.25) is 0 Å². The summed E-state index contributed by atoms with van der Waals surface area (Å²) >= 11 is 6.09. The fourth-order valence-electron chi connectivity index (χ4n) is 3.61. The Bertz CT molecular complexity index is 873. The normalized spacial score (nSPS) is 16.8. The van der Waals surface area contributed by atoms with Crippen LogP contribution in [-0.2, 0) is 4.74 Å². The molecule has 4 rings (SSSR count). The standard InChI is InChI=1S/C21H20ClNO2/c22-17-8-5-16(6-9-17)21(23-11-13-25-14-12-23)20-18-4-2-1-3-15(18)7-10-19(20)24/h1-10,21,24H,11-14H2. The van der Waals surface area contributed by atoms with Crippen LogP contribution in [-0.4, -0.2) is 36.3 Å². The number of hydrogen-bond donors (Lipinski definition) is 1. The molecule has 4 heteroatoms. The van der Waals surface area contributed by atoms with E-state index < -0.39 is 0 Å². The van der Waals surface area contributed by atoms with Crippen LogP contribution in [0.1, 0.15) is 17.2 Å². The molecule has 1 atom stereocenters. The van der Waals surface area contributed by atoms with Crippen LogP contribution in [0.25, 0.3) is 10.8 Å². The maximum atomic E-state index is 10.7. The summed E-state index contributed by atoms with van der Waals surface area (Å²) in [7, 11) is 0. The van der Waals surface area contributed by atoms with Gasteiger partial charge in [-0.1, -0.05) is 54.1 Å². The van der Waals surface area contributed by atoms with Gasteiger partial charge in [-0.3, -0.25) is 4.90 Å². The number of fused-ring (bicyclic) bond motifs is 1. The highest BCUT2D eigenvalue weighted by atomic mass is 35.5. The Hall–Kier alpha value is -2.07. The number of hydrogen-bond acceptors (Lipinski definition) is 3. The van der Waals surface area contributed by atoms with Gasteiger partial charge in [0.25, 0.3) is 0 Å². The van der Waals surface area contributed by atoms with Crippen molar-refractivity contribution in [3.8, 4) is 5.75 Å². The summed E-state index contributed by atoms with van der Waals surface area (Å²) in [6.07, 6.45) is 0. The minimum absolute atomic E-state index is 0.0349. The molecular formula is C21H20ClNO2. The molecule has 3 nitrogen and oxygen atoms in total. The predicted octanol–water partition coefficient (Wildman–Crippen LogP) is 4.62. The second-order valence-electron chi connectivity index (χ2n) is 6.32. The average molecular weight is 354 g/mol. The molecule has 1 N–H and O–H groups in total. The molecule has 0 bridgehead atoms. The van der Waals surface area contributed by atoms with Gasteiger partial charge in [-0.2, -0.15) is 0 Å². The molecule has 0 radical (unpaired) electrons. The largest absolute Gasteiger partial charge is 0.508 e. The van der Waals surface area contributed by atoms with Crippen LogP contribution < -0.4 is 0 Å². The number of phenols is 1. The summed E-state index contributed by atoms with van der Waals surface area (Å²) < 4.78 is 5.53. The number of phenolic OH excluding ortho intramolecular Hbond substituents is 1. The van der Waals surface area contributed by atoms with Gasteiger partial charge in [-0.05, 0) is 34.5 Å². The van der Waals surface area contributed by atoms with Crippen LogP contribution in [0, 0.1) is 0 Å². The van der Waals surface area contributed by atoms with E-state index >= 15 is 0 Å². The molecule has 1 fully saturated rings. The minimum Gasteiger partial charge on any atom is -0.508 e. The maximum absolute atomic E-state index is 10.7. The molecule has 1 saturated heterocycles. The second kappa shape index (κ2) is 7.04. The summed E-state index contributed by atoms with van der Waals surface area (Å²) in [5, 5.41) is 13.7. The summed E-state index contributed by atoms with van der Waals surface area (Å²) in [4.78, 5) is 2.37. The third-order valence-corrected chi connectivity index (χ3v) is 5.07. The minimum atomic E-state index is -0.0349. The van der Waals surface area contributed by atoms with Crippen molar-refractivity contribution in [3.63, 3.8) is 0 Å². The van der Waals surface area contributed by atoms with Crippen LogP contribution in [0.4, 0.5) is 0 Å². The lowest BCUT2D eigenvalue weighted by atomic mass is 9.91. The van der Waals surface area contributed by atoms with Crippen LogP contribution in [0.3, 0.4) is 0 Å². The SMILES string of the molecule is Oc1ccc2ccccc2c1C(c1ccc(Cl)cc1)N1CCOCC1. The van der Waals surface area contributed by atoms with Crippen LogP contribution in [0.2, 0.25) is 5.02 Å². The Labute approximate surface area is 152 Å². The van der Waals surface area contributed by atoms with Crippen LogP contribution >= 0.6 is 11.6 Å². The van der Waals surface area contributed by atoms with E-state index in [9.17, 15) is 5.11 Å². The van der Waals surface area contributed by atoms with Crippen molar-refractivity contribution >= 4 is 22.4 Å². The van der Waals surface area contributed by atoms with Crippen molar-refractivity contribution in [2.45, 2.75) is 6.04 Å². The molecule has 0 aromatic heterocycles. The Morgan fingerprint density at radius 2 is 1.64 bits per heavy atom. The van der Waals surface area contributed by atoms with Crippen molar-refractivity contribution < 1.29 is 9.84 Å². The highest BCUT2D eigenvalue weighted by Crippen LogP contribution is 2.39. The van der Waals surface area contributed by atoms with E-state index in [1.807, 2.05) is 42.5 Å². The summed E-state index contributed by atoms with van der Waals surface area (Å²) in [5.74, 6) is 0.324. The fraction of sp³-hybridized carbons (Fsp3) is 0.238. The first-order valence-corrected chi connectivity index (χ1v) is 8.90. The Morgan fingerprint density at radius 3 is 2.40 bits per heavy atom. The lowest BCUT2D eigenvalue weighted by molar-refractivity contribution is 0.0238. The van der Waals surface area contributed by atoms with Crippen molar-refractivity contribution in [3.05, 3.63) is 76.8 Å². The third-order valence-electron chi connectivity index (χ3n) is 4.82. The van der Waals surface area contributed by atoms with Gasteiger partial charge in [-0.25, -0.2) is 0 Å². The summed E-state index contributed by atoms with van der Waals surface area (Å²) in [6.45, 7) is 3.07. The molecule has 1 unspecified atom stereocenters. The fourth-order valence-corrected chi connectivity index (χ4v) is 3.74. The quantitative estimate of drug-likeness (QED) is 0.745. The Kier molecular flexibility index (Phi) is 4.62. The molecule has 0 amide bonds. The smallest absolute Gasteiger partial charge is 0.121 e. The van der Waals surface area contributed by atoms with Gasteiger partial charge in [-0.15, -0.1) is 0 Å². The van der Waals surface area contributed by atoms with E-state index in [1.54, 1.807) is 6.07 Å². The molecule has 1 heterocycles. The lowest BCUT2D eigenvalue weighted by Gasteiger charge is -2.36. The number of rotatable bonds is 3. The zero-order valence-corrected chi connectivity index (χ0v) is 14.6. The summed E-state index contributed by atoms with van der Waals surface area (Å²) in [5.41, 5.74) is 2.07. The number of morpholine rings is 1. The number of nitrogens with zero attached hydrogens (tertiary/aromatic N) is 1. The first-order valence-electron chi connectivity index (χ1n) is 8.52. The highest BCUT2D eigenvalue weighted by Gasteiger charge is 2.28. The van der Waals surface area contributed by atoms with Crippen LogP contribution in [0.5, 0.6) is 5.75 Å². The molecule has 0 aliphatic carbocycles. The molecule has 3 aromatic carbocycles. The number of aromatic hydroxyl groups is 1. The van der Waals surface area contributed by atoms with Crippen LogP contribution in [0.15, 0.2) is 60.7 Å². The van der Waals surface area contributed by atoms with Crippen molar-refractivity contribution in [1.29, 1.82) is 0 Å². The maximum Gasteiger partial charge on any atom is 0.121 e. The van der Waals surface area contributed by atoms with E-state index in [4.69, 9.17) is 16.3 Å².